The summed E-state index contributed by atoms with van der Waals surface area (Å²) < 4.78 is 0. The van der Waals surface area contributed by atoms with E-state index in [1.165, 1.54) is 0 Å². The number of aliphatic hydroxyl groups is 1. The summed E-state index contributed by atoms with van der Waals surface area (Å²) in [6.45, 7) is 3.42. The van der Waals surface area contributed by atoms with Crippen LogP contribution in [0, 0.1) is 13.8 Å². The molecule has 20 heavy (non-hydrogen) atoms. The molecule has 0 radical (unpaired) electrons. The van der Waals surface area contributed by atoms with Gasteiger partial charge >= 0.3 is 12.0 Å². The van der Waals surface area contributed by atoms with Crippen molar-refractivity contribution in [3.8, 4) is 0 Å². The molecule has 1 aromatic rings. The molecule has 1 fully saturated rings. The molecule has 0 aromatic carbocycles. The Balaban J connectivity index is 2.11. The maximum Gasteiger partial charge on any atom is 0.326 e. The Kier molecular flexibility index (Phi) is 3.79. The molecule has 3 N–H and O–H groups in total. The molecular weight excluding hydrogens is 266 g/mol. The van der Waals surface area contributed by atoms with E-state index in [4.69, 9.17) is 5.11 Å². The number of likely N-dealkylation sites (tertiary alicyclic amines) is 1. The third-order valence-corrected chi connectivity index (χ3v) is 3.14. The normalized spacial score (nSPS) is 21.9. The third-order valence-electron chi connectivity index (χ3n) is 3.14. The first kappa shape index (κ1) is 14.1. The van der Waals surface area contributed by atoms with Gasteiger partial charge in [-0.05, 0) is 13.8 Å². The molecule has 1 aliphatic heterocycles. The van der Waals surface area contributed by atoms with E-state index < -0.39 is 24.1 Å². The number of amides is 2. The van der Waals surface area contributed by atoms with Gasteiger partial charge in [0, 0.05) is 13.0 Å². The number of carbonyl (C=O) groups is 2. The average molecular weight is 281 g/mol. The van der Waals surface area contributed by atoms with Crippen molar-refractivity contribution in [2.45, 2.75) is 32.4 Å². The van der Waals surface area contributed by atoms with Crippen LogP contribution >= 0.6 is 0 Å². The lowest BCUT2D eigenvalue weighted by atomic mass is 10.2. The number of carboxylic acid groups (broad SMARTS) is 1. The number of rotatable bonds is 2. The zero-order chi connectivity index (χ0) is 14.9. The number of aliphatic carboxylic acids is 1. The minimum atomic E-state index is -1.16. The van der Waals surface area contributed by atoms with E-state index in [-0.39, 0.29) is 18.9 Å². The van der Waals surface area contributed by atoms with Gasteiger partial charge in [0.2, 0.25) is 0 Å². The molecule has 0 saturated carbocycles. The second-order valence-electron chi connectivity index (χ2n) is 4.63. The largest absolute Gasteiger partial charge is 0.480 e. The standard InChI is InChI=1S/C11H15N5O4/c1-5-6(2)14-15-10(12-5)13-11(20)16-4-7(17)3-8(16)9(18)19/h7-8,17H,3-4H2,1-2H3,(H,18,19)(H,12,13,15,20)/t7-,8-/m0/s1. The van der Waals surface area contributed by atoms with Crippen molar-refractivity contribution in [2.24, 2.45) is 0 Å². The number of nitrogens with zero attached hydrogens (tertiary/aromatic N) is 4. The maximum absolute atomic E-state index is 12.0. The number of aryl methyl sites for hydroxylation is 2. The number of hydrogen-bond donors (Lipinski definition) is 3. The van der Waals surface area contributed by atoms with Crippen LogP contribution < -0.4 is 5.32 Å². The van der Waals surface area contributed by atoms with E-state index in [2.05, 4.69) is 20.5 Å². The highest BCUT2D eigenvalue weighted by Gasteiger charge is 2.39. The first-order valence-electron chi connectivity index (χ1n) is 6.05. The molecule has 0 unspecified atom stereocenters. The van der Waals surface area contributed by atoms with Crippen molar-refractivity contribution in [3.05, 3.63) is 11.4 Å². The predicted octanol–water partition coefficient (Wildman–Crippen LogP) is -0.460. The molecule has 2 atom stereocenters. The van der Waals surface area contributed by atoms with E-state index in [1.54, 1.807) is 13.8 Å². The van der Waals surface area contributed by atoms with Crippen LogP contribution in [-0.4, -0.2) is 61.0 Å². The lowest BCUT2D eigenvalue weighted by molar-refractivity contribution is -0.141. The Morgan fingerprint density at radius 2 is 2.00 bits per heavy atom. The summed E-state index contributed by atoms with van der Waals surface area (Å²) in [6.07, 6.45) is -0.838. The molecule has 2 rings (SSSR count). The Morgan fingerprint density at radius 3 is 2.60 bits per heavy atom. The maximum atomic E-state index is 12.0. The summed E-state index contributed by atoms with van der Waals surface area (Å²) in [5, 5.41) is 28.4. The number of aromatic nitrogens is 3. The van der Waals surface area contributed by atoms with Gasteiger partial charge in [0.25, 0.3) is 5.95 Å². The smallest absolute Gasteiger partial charge is 0.326 e. The van der Waals surface area contributed by atoms with Gasteiger partial charge in [-0.15, -0.1) is 5.10 Å². The highest BCUT2D eigenvalue weighted by Crippen LogP contribution is 2.19. The zero-order valence-corrected chi connectivity index (χ0v) is 11.1. The molecule has 2 heterocycles. The Labute approximate surface area is 114 Å². The number of β-amino-alcohol motifs (C(OH)–C–C–N with tert-alkyl or cyclic N) is 1. The number of anilines is 1. The van der Waals surface area contributed by atoms with Crippen LogP contribution in [-0.2, 0) is 4.79 Å². The van der Waals surface area contributed by atoms with Gasteiger partial charge in [-0.1, -0.05) is 0 Å². The molecule has 2 amide bonds. The Morgan fingerprint density at radius 1 is 1.30 bits per heavy atom. The highest BCUT2D eigenvalue weighted by atomic mass is 16.4. The quantitative estimate of drug-likeness (QED) is 0.669. The van der Waals surface area contributed by atoms with E-state index in [0.717, 1.165) is 4.90 Å². The van der Waals surface area contributed by atoms with Crippen LogP contribution in [0.4, 0.5) is 10.7 Å². The highest BCUT2D eigenvalue weighted by molar-refractivity contribution is 5.91. The third kappa shape index (κ3) is 2.82. The zero-order valence-electron chi connectivity index (χ0n) is 11.1. The minimum absolute atomic E-state index is 0.00336. The molecule has 0 spiro atoms. The van der Waals surface area contributed by atoms with Crippen LogP contribution in [0.5, 0.6) is 0 Å². The van der Waals surface area contributed by atoms with Gasteiger partial charge in [0.15, 0.2) is 0 Å². The molecule has 1 aliphatic rings. The average Bonchev–Trinajstić information content (AvgIpc) is 2.76. The molecule has 1 aromatic heterocycles. The van der Waals surface area contributed by atoms with Crippen molar-refractivity contribution in [1.29, 1.82) is 0 Å². The van der Waals surface area contributed by atoms with Gasteiger partial charge in [-0.25, -0.2) is 14.6 Å². The number of carbonyl (C=O) groups excluding carboxylic acids is 1. The summed E-state index contributed by atoms with van der Waals surface area (Å²) >= 11 is 0. The molecular formula is C11H15N5O4. The fraction of sp³-hybridized carbons (Fsp3) is 0.545. The summed E-state index contributed by atoms with van der Waals surface area (Å²) in [5.41, 5.74) is 1.26. The predicted molar refractivity (Wildman–Crippen MR) is 67.1 cm³/mol. The van der Waals surface area contributed by atoms with Crippen LogP contribution in [0.2, 0.25) is 0 Å². The van der Waals surface area contributed by atoms with Crippen LogP contribution in [0.3, 0.4) is 0 Å². The Bertz CT molecular complexity index is 550. The molecule has 9 nitrogen and oxygen atoms in total. The second kappa shape index (κ2) is 5.37. The topological polar surface area (TPSA) is 129 Å². The molecule has 108 valence electrons. The fourth-order valence-corrected chi connectivity index (χ4v) is 1.95. The van der Waals surface area contributed by atoms with Gasteiger partial charge < -0.3 is 15.1 Å². The SMILES string of the molecule is Cc1nnc(NC(=O)N2C[C@@H](O)C[C@H]2C(=O)O)nc1C. The monoisotopic (exact) mass is 281 g/mol. The van der Waals surface area contributed by atoms with Crippen LogP contribution in [0.25, 0.3) is 0 Å². The van der Waals surface area contributed by atoms with E-state index >= 15 is 0 Å². The van der Waals surface area contributed by atoms with E-state index in [9.17, 15) is 14.7 Å². The van der Waals surface area contributed by atoms with Crippen molar-refractivity contribution >= 4 is 17.9 Å². The number of aliphatic hydroxyl groups excluding tert-OH is 1. The summed E-state index contributed by atoms with van der Waals surface area (Å²) in [5.74, 6) is -1.15. The van der Waals surface area contributed by atoms with E-state index in [0.29, 0.717) is 11.4 Å². The van der Waals surface area contributed by atoms with Crippen molar-refractivity contribution in [3.63, 3.8) is 0 Å². The van der Waals surface area contributed by atoms with Crippen molar-refractivity contribution < 1.29 is 19.8 Å². The minimum Gasteiger partial charge on any atom is -0.480 e. The summed E-state index contributed by atoms with van der Waals surface area (Å²) in [4.78, 5) is 28.1. The molecule has 1 saturated heterocycles. The van der Waals surface area contributed by atoms with Crippen molar-refractivity contribution in [2.75, 3.05) is 11.9 Å². The number of urea groups is 1. The summed E-state index contributed by atoms with van der Waals surface area (Å²) in [6, 6.07) is -1.72. The number of hydrogen-bond acceptors (Lipinski definition) is 6. The number of carboxylic acids is 1. The molecule has 0 aliphatic carbocycles. The first-order valence-corrected chi connectivity index (χ1v) is 6.05. The lowest BCUT2D eigenvalue weighted by Crippen LogP contribution is -2.43. The Hall–Kier alpha value is -2.29. The lowest BCUT2D eigenvalue weighted by Gasteiger charge is -2.20. The van der Waals surface area contributed by atoms with Gasteiger partial charge in [0.05, 0.1) is 17.5 Å². The summed E-state index contributed by atoms with van der Waals surface area (Å²) in [7, 11) is 0. The molecule has 9 heteroatoms. The van der Waals surface area contributed by atoms with E-state index in [1.807, 2.05) is 0 Å². The fourth-order valence-electron chi connectivity index (χ4n) is 1.95. The van der Waals surface area contributed by atoms with Crippen LogP contribution in [0.15, 0.2) is 0 Å². The second-order valence-corrected chi connectivity index (χ2v) is 4.63. The number of nitrogens with one attached hydrogen (secondary N) is 1. The van der Waals surface area contributed by atoms with Gasteiger partial charge in [0.1, 0.15) is 6.04 Å². The van der Waals surface area contributed by atoms with Crippen LogP contribution in [0.1, 0.15) is 17.8 Å². The first-order chi connectivity index (χ1) is 9.38. The van der Waals surface area contributed by atoms with Gasteiger partial charge in [-0.2, -0.15) is 5.10 Å². The van der Waals surface area contributed by atoms with Crippen molar-refractivity contribution in [1.82, 2.24) is 20.1 Å². The molecule has 0 bridgehead atoms. The van der Waals surface area contributed by atoms with Gasteiger partial charge in [-0.3, -0.25) is 5.32 Å².